The Kier molecular flexibility index (Phi) is 3.66. The summed E-state index contributed by atoms with van der Waals surface area (Å²) in [5.41, 5.74) is 3.86. The van der Waals surface area contributed by atoms with E-state index in [4.69, 9.17) is 9.47 Å². The molecule has 0 saturated carbocycles. The molecule has 1 aromatic heterocycles. The van der Waals surface area contributed by atoms with E-state index >= 15 is 0 Å². The Morgan fingerprint density at radius 3 is 2.75 bits per heavy atom. The van der Waals surface area contributed by atoms with Crippen molar-refractivity contribution in [2.24, 2.45) is 5.41 Å². The number of carbonyl (C=O) groups is 1. The van der Waals surface area contributed by atoms with Crippen LogP contribution in [0.4, 0.5) is 0 Å². The van der Waals surface area contributed by atoms with Gasteiger partial charge in [0, 0.05) is 47.0 Å². The van der Waals surface area contributed by atoms with Gasteiger partial charge >= 0.3 is 0 Å². The number of ether oxygens (including phenoxy) is 2. The van der Waals surface area contributed by atoms with Gasteiger partial charge in [-0.1, -0.05) is 32.0 Å². The van der Waals surface area contributed by atoms with Gasteiger partial charge in [-0.05, 0) is 35.2 Å². The fourth-order valence-corrected chi connectivity index (χ4v) is 4.61. The average Bonchev–Trinajstić information content (AvgIpc) is 3.09. The fourth-order valence-electron chi connectivity index (χ4n) is 4.61. The number of aromatic amines is 1. The Balaban J connectivity index is 1.78. The zero-order chi connectivity index (χ0) is 19.5. The van der Waals surface area contributed by atoms with Gasteiger partial charge in [-0.25, -0.2) is 0 Å². The summed E-state index contributed by atoms with van der Waals surface area (Å²) in [4.78, 5) is 16.6. The van der Waals surface area contributed by atoms with Crippen LogP contribution in [0, 0.1) is 5.41 Å². The molecular weight excluding hydrogens is 350 g/mol. The number of fused-ring (bicyclic) bond motifs is 2. The largest absolute Gasteiger partial charge is 0.497 e. The van der Waals surface area contributed by atoms with Crippen LogP contribution in [0.3, 0.4) is 0 Å². The Morgan fingerprint density at radius 1 is 1.11 bits per heavy atom. The lowest BCUT2D eigenvalue weighted by Gasteiger charge is -2.38. The first-order chi connectivity index (χ1) is 13.5. The summed E-state index contributed by atoms with van der Waals surface area (Å²) >= 11 is 0. The summed E-state index contributed by atoms with van der Waals surface area (Å²) in [6.07, 6.45) is 3.33. The fraction of sp³-hybridized carbons (Fsp3) is 0.292. The molecule has 0 spiro atoms. The number of methoxy groups -OCH3 is 1. The molecule has 1 N–H and O–H groups in total. The highest BCUT2D eigenvalue weighted by molar-refractivity contribution is 6.01. The summed E-state index contributed by atoms with van der Waals surface area (Å²) in [5.74, 6) is 2.40. The normalized spacial score (nSPS) is 20.5. The first kappa shape index (κ1) is 17.1. The Hall–Kier alpha value is -3.01. The van der Waals surface area contributed by atoms with Crippen LogP contribution in [0.5, 0.6) is 11.5 Å². The van der Waals surface area contributed by atoms with Crippen molar-refractivity contribution in [2.75, 3.05) is 7.11 Å². The smallest absolute Gasteiger partial charge is 0.163 e. The molecule has 3 aromatic rings. The van der Waals surface area contributed by atoms with Crippen LogP contribution in [0.15, 0.2) is 60.0 Å². The van der Waals surface area contributed by atoms with E-state index in [1.54, 1.807) is 7.11 Å². The number of para-hydroxylation sites is 1. The predicted molar refractivity (Wildman–Crippen MR) is 109 cm³/mol. The molecule has 1 atom stereocenters. The molecule has 28 heavy (non-hydrogen) atoms. The molecule has 142 valence electrons. The van der Waals surface area contributed by atoms with Crippen molar-refractivity contribution in [1.82, 2.24) is 4.98 Å². The van der Waals surface area contributed by atoms with Crippen LogP contribution in [-0.2, 0) is 4.79 Å². The molecule has 2 aromatic carbocycles. The molecule has 2 aliphatic rings. The summed E-state index contributed by atoms with van der Waals surface area (Å²) in [6.45, 7) is 4.25. The molecule has 4 nitrogen and oxygen atoms in total. The first-order valence-electron chi connectivity index (χ1n) is 9.65. The topological polar surface area (TPSA) is 51.3 Å². The highest BCUT2D eigenvalue weighted by Crippen LogP contribution is 2.51. The maximum absolute atomic E-state index is 13.3. The lowest BCUT2D eigenvalue weighted by atomic mass is 9.70. The maximum atomic E-state index is 13.3. The van der Waals surface area contributed by atoms with Gasteiger partial charge < -0.3 is 14.5 Å². The molecular formula is C24H23NO3. The van der Waals surface area contributed by atoms with E-state index in [0.29, 0.717) is 6.42 Å². The van der Waals surface area contributed by atoms with Crippen LogP contribution < -0.4 is 9.47 Å². The predicted octanol–water partition coefficient (Wildman–Crippen LogP) is 5.34. The van der Waals surface area contributed by atoms with Gasteiger partial charge in [0.25, 0.3) is 0 Å². The van der Waals surface area contributed by atoms with Crippen molar-refractivity contribution in [1.29, 1.82) is 0 Å². The van der Waals surface area contributed by atoms with E-state index in [2.05, 4.69) is 31.0 Å². The SMILES string of the molecule is COc1ccc2c(c1)C(c1c[nH]c3ccccc13)C1=C(CC(C)(C)CC1=O)O2. The lowest BCUT2D eigenvalue weighted by molar-refractivity contribution is -0.118. The second kappa shape index (κ2) is 5.99. The van der Waals surface area contributed by atoms with Crippen LogP contribution in [0.2, 0.25) is 0 Å². The average molecular weight is 373 g/mol. The van der Waals surface area contributed by atoms with Gasteiger partial charge in [0.05, 0.1) is 7.11 Å². The minimum atomic E-state index is -0.159. The van der Waals surface area contributed by atoms with Gasteiger partial charge in [0.15, 0.2) is 5.78 Å². The van der Waals surface area contributed by atoms with E-state index in [9.17, 15) is 4.79 Å². The number of Topliss-reactive ketones (excluding diaryl/α,β-unsaturated/α-hetero) is 1. The van der Waals surface area contributed by atoms with Crippen LogP contribution in [-0.4, -0.2) is 17.9 Å². The second-order valence-corrected chi connectivity index (χ2v) is 8.51. The molecule has 4 heteroatoms. The van der Waals surface area contributed by atoms with E-state index in [1.165, 1.54) is 0 Å². The van der Waals surface area contributed by atoms with Gasteiger partial charge in [-0.15, -0.1) is 0 Å². The first-order valence-corrected chi connectivity index (χ1v) is 9.65. The highest BCUT2D eigenvalue weighted by atomic mass is 16.5. The molecule has 2 heterocycles. The highest BCUT2D eigenvalue weighted by Gasteiger charge is 2.42. The van der Waals surface area contributed by atoms with Crippen molar-refractivity contribution >= 4 is 16.7 Å². The van der Waals surface area contributed by atoms with Crippen LogP contribution >= 0.6 is 0 Å². The summed E-state index contributed by atoms with van der Waals surface area (Å²) < 4.78 is 11.7. The number of carbonyl (C=O) groups excluding carboxylic acids is 1. The quantitative estimate of drug-likeness (QED) is 0.659. The monoisotopic (exact) mass is 373 g/mol. The zero-order valence-corrected chi connectivity index (χ0v) is 16.3. The summed E-state index contributed by atoms with van der Waals surface area (Å²) in [5, 5.41) is 1.13. The minimum absolute atomic E-state index is 0.0926. The van der Waals surface area contributed by atoms with Crippen LogP contribution in [0.25, 0.3) is 10.9 Å². The third kappa shape index (κ3) is 2.55. The molecule has 0 amide bonds. The van der Waals surface area contributed by atoms with E-state index in [-0.39, 0.29) is 17.1 Å². The molecule has 0 bridgehead atoms. The maximum Gasteiger partial charge on any atom is 0.163 e. The molecule has 0 radical (unpaired) electrons. The molecule has 1 aliphatic heterocycles. The Bertz CT molecular complexity index is 1140. The van der Waals surface area contributed by atoms with Crippen molar-refractivity contribution < 1.29 is 14.3 Å². The Labute approximate surface area is 164 Å². The molecule has 0 saturated heterocycles. The standard InChI is InChI=1S/C24H23NO3/c1-24(2)11-19(26)23-21(12-24)28-20-9-8-14(27-3)10-16(20)22(23)17-13-25-18-7-5-4-6-15(17)18/h4-10,13,22,25H,11-12H2,1-3H3. The lowest BCUT2D eigenvalue weighted by Crippen LogP contribution is -2.32. The number of hydrogen-bond acceptors (Lipinski definition) is 3. The minimum Gasteiger partial charge on any atom is -0.497 e. The number of ketones is 1. The van der Waals surface area contributed by atoms with E-state index in [0.717, 1.165) is 51.3 Å². The number of allylic oxidation sites excluding steroid dienone is 2. The van der Waals surface area contributed by atoms with Crippen molar-refractivity contribution in [3.8, 4) is 11.5 Å². The van der Waals surface area contributed by atoms with Crippen molar-refractivity contribution in [3.05, 3.63) is 71.1 Å². The summed E-state index contributed by atoms with van der Waals surface area (Å²) in [7, 11) is 1.66. The van der Waals surface area contributed by atoms with Crippen molar-refractivity contribution in [2.45, 2.75) is 32.6 Å². The van der Waals surface area contributed by atoms with Crippen LogP contribution in [0.1, 0.15) is 43.7 Å². The third-order valence-corrected chi connectivity index (χ3v) is 5.86. The number of benzene rings is 2. The number of rotatable bonds is 2. The second-order valence-electron chi connectivity index (χ2n) is 8.51. The van der Waals surface area contributed by atoms with Gasteiger partial charge in [-0.2, -0.15) is 0 Å². The number of nitrogens with one attached hydrogen (secondary N) is 1. The van der Waals surface area contributed by atoms with Crippen molar-refractivity contribution in [3.63, 3.8) is 0 Å². The molecule has 1 aliphatic carbocycles. The third-order valence-electron chi connectivity index (χ3n) is 5.86. The van der Waals surface area contributed by atoms with E-state index < -0.39 is 0 Å². The van der Waals surface area contributed by atoms with Gasteiger partial charge in [-0.3, -0.25) is 4.79 Å². The van der Waals surface area contributed by atoms with Gasteiger partial charge in [0.1, 0.15) is 17.3 Å². The molecule has 1 unspecified atom stereocenters. The number of H-pyrrole nitrogens is 1. The molecule has 5 rings (SSSR count). The van der Waals surface area contributed by atoms with Gasteiger partial charge in [0.2, 0.25) is 0 Å². The Morgan fingerprint density at radius 2 is 1.93 bits per heavy atom. The zero-order valence-electron chi connectivity index (χ0n) is 16.3. The van der Waals surface area contributed by atoms with E-state index in [1.807, 2.05) is 36.5 Å². The number of hydrogen-bond donors (Lipinski definition) is 1. The summed E-state index contributed by atoms with van der Waals surface area (Å²) in [6, 6.07) is 14.1. The number of aromatic nitrogens is 1. The molecule has 0 fully saturated rings.